The lowest BCUT2D eigenvalue weighted by Crippen LogP contribution is -2.38. The van der Waals surface area contributed by atoms with Crippen LogP contribution >= 0.6 is 0 Å². The SMILES string of the molecule is CCC(CCN)N1CCCN(C)CC1. The highest BCUT2D eigenvalue weighted by Gasteiger charge is 2.18. The Morgan fingerprint density at radius 3 is 2.64 bits per heavy atom. The summed E-state index contributed by atoms with van der Waals surface area (Å²) in [6.45, 7) is 8.02. The van der Waals surface area contributed by atoms with Crippen molar-refractivity contribution in [3.05, 3.63) is 0 Å². The Hall–Kier alpha value is -0.120. The van der Waals surface area contributed by atoms with E-state index in [1.165, 1.54) is 39.0 Å². The van der Waals surface area contributed by atoms with Gasteiger partial charge in [-0.1, -0.05) is 6.92 Å². The minimum atomic E-state index is 0.714. The van der Waals surface area contributed by atoms with E-state index >= 15 is 0 Å². The van der Waals surface area contributed by atoms with Gasteiger partial charge >= 0.3 is 0 Å². The molecule has 0 aliphatic carbocycles. The van der Waals surface area contributed by atoms with E-state index in [4.69, 9.17) is 5.73 Å². The molecule has 0 bridgehead atoms. The summed E-state index contributed by atoms with van der Waals surface area (Å²) in [6.07, 6.45) is 3.69. The van der Waals surface area contributed by atoms with Gasteiger partial charge in [-0.25, -0.2) is 0 Å². The van der Waals surface area contributed by atoms with Gasteiger partial charge < -0.3 is 10.6 Å². The Kier molecular flexibility index (Phi) is 5.45. The van der Waals surface area contributed by atoms with E-state index in [9.17, 15) is 0 Å². The van der Waals surface area contributed by atoms with Crippen LogP contribution in [0.3, 0.4) is 0 Å². The van der Waals surface area contributed by atoms with Crippen molar-refractivity contribution in [2.45, 2.75) is 32.2 Å². The number of hydrogen-bond donors (Lipinski definition) is 1. The van der Waals surface area contributed by atoms with E-state index in [0.29, 0.717) is 6.04 Å². The minimum Gasteiger partial charge on any atom is -0.330 e. The topological polar surface area (TPSA) is 32.5 Å². The fourth-order valence-electron chi connectivity index (χ4n) is 2.27. The molecule has 0 radical (unpaired) electrons. The number of nitrogens with zero attached hydrogens (tertiary/aromatic N) is 2. The van der Waals surface area contributed by atoms with Crippen molar-refractivity contribution in [3.8, 4) is 0 Å². The van der Waals surface area contributed by atoms with Gasteiger partial charge in [-0.15, -0.1) is 0 Å². The zero-order chi connectivity index (χ0) is 10.4. The van der Waals surface area contributed by atoms with Crippen molar-refractivity contribution in [2.75, 3.05) is 39.8 Å². The molecule has 1 heterocycles. The largest absolute Gasteiger partial charge is 0.330 e. The Balaban J connectivity index is 2.40. The van der Waals surface area contributed by atoms with Gasteiger partial charge in [-0.2, -0.15) is 0 Å². The fraction of sp³-hybridized carbons (Fsp3) is 1.00. The fourth-order valence-corrected chi connectivity index (χ4v) is 2.27. The second-order valence-corrected chi connectivity index (χ2v) is 4.33. The first-order valence-corrected chi connectivity index (χ1v) is 5.90. The maximum Gasteiger partial charge on any atom is 0.0112 e. The molecule has 0 aromatic rings. The summed E-state index contributed by atoms with van der Waals surface area (Å²) >= 11 is 0. The highest BCUT2D eigenvalue weighted by atomic mass is 15.2. The number of rotatable bonds is 4. The standard InChI is InChI=1S/C11H25N3/c1-3-11(5-6-12)14-8-4-7-13(2)9-10-14/h11H,3-10,12H2,1-2H3. The molecule has 1 unspecified atom stereocenters. The van der Waals surface area contributed by atoms with Gasteiger partial charge in [-0.3, -0.25) is 4.90 Å². The van der Waals surface area contributed by atoms with Crippen LogP contribution in [0, 0.1) is 0 Å². The molecule has 2 N–H and O–H groups in total. The predicted molar refractivity (Wildman–Crippen MR) is 61.4 cm³/mol. The predicted octanol–water partition coefficient (Wildman–Crippen LogP) is 0.751. The van der Waals surface area contributed by atoms with Crippen LogP contribution in [0.4, 0.5) is 0 Å². The molecule has 1 aliphatic rings. The monoisotopic (exact) mass is 199 g/mol. The molecule has 0 aromatic carbocycles. The van der Waals surface area contributed by atoms with Gasteiger partial charge in [-0.05, 0) is 45.9 Å². The Morgan fingerprint density at radius 1 is 1.21 bits per heavy atom. The summed E-state index contributed by atoms with van der Waals surface area (Å²) in [5.74, 6) is 0. The molecule has 3 nitrogen and oxygen atoms in total. The average molecular weight is 199 g/mol. The lowest BCUT2D eigenvalue weighted by molar-refractivity contribution is 0.189. The quantitative estimate of drug-likeness (QED) is 0.725. The van der Waals surface area contributed by atoms with Crippen LogP contribution in [0.1, 0.15) is 26.2 Å². The Morgan fingerprint density at radius 2 is 2.00 bits per heavy atom. The maximum atomic E-state index is 5.64. The van der Waals surface area contributed by atoms with Crippen LogP contribution in [0.5, 0.6) is 0 Å². The second kappa shape index (κ2) is 6.38. The van der Waals surface area contributed by atoms with Crippen molar-refractivity contribution < 1.29 is 0 Å². The van der Waals surface area contributed by atoms with Gasteiger partial charge in [0.25, 0.3) is 0 Å². The van der Waals surface area contributed by atoms with Crippen molar-refractivity contribution in [3.63, 3.8) is 0 Å². The molecule has 0 saturated carbocycles. The summed E-state index contributed by atoms with van der Waals surface area (Å²) in [6, 6.07) is 0.714. The normalized spacial score (nSPS) is 23.4. The van der Waals surface area contributed by atoms with Crippen molar-refractivity contribution in [1.29, 1.82) is 0 Å². The smallest absolute Gasteiger partial charge is 0.0112 e. The van der Waals surface area contributed by atoms with Crippen molar-refractivity contribution >= 4 is 0 Å². The van der Waals surface area contributed by atoms with Gasteiger partial charge in [0, 0.05) is 19.1 Å². The number of hydrogen-bond acceptors (Lipinski definition) is 3. The van der Waals surface area contributed by atoms with Crippen LogP contribution in [0.15, 0.2) is 0 Å². The van der Waals surface area contributed by atoms with Crippen LogP contribution < -0.4 is 5.73 Å². The Bertz CT molecular complexity index is 149. The molecule has 3 heteroatoms. The lowest BCUT2D eigenvalue weighted by atomic mass is 10.1. The van der Waals surface area contributed by atoms with Crippen molar-refractivity contribution in [1.82, 2.24) is 9.80 Å². The molecule has 0 aromatic heterocycles. The highest BCUT2D eigenvalue weighted by Crippen LogP contribution is 2.11. The molecule has 1 atom stereocenters. The van der Waals surface area contributed by atoms with Crippen LogP contribution in [-0.2, 0) is 0 Å². The van der Waals surface area contributed by atoms with Crippen molar-refractivity contribution in [2.24, 2.45) is 5.73 Å². The molecule has 1 aliphatic heterocycles. The van der Waals surface area contributed by atoms with Gasteiger partial charge in [0.15, 0.2) is 0 Å². The third kappa shape index (κ3) is 3.56. The first kappa shape index (κ1) is 12.0. The Labute approximate surface area is 88.2 Å². The third-order valence-electron chi connectivity index (χ3n) is 3.24. The second-order valence-electron chi connectivity index (χ2n) is 4.33. The van der Waals surface area contributed by atoms with Gasteiger partial charge in [0.05, 0.1) is 0 Å². The van der Waals surface area contributed by atoms with Crippen LogP contribution in [0.2, 0.25) is 0 Å². The first-order chi connectivity index (χ1) is 6.77. The van der Waals surface area contributed by atoms with E-state index in [-0.39, 0.29) is 0 Å². The van der Waals surface area contributed by atoms with E-state index in [2.05, 4.69) is 23.8 Å². The van der Waals surface area contributed by atoms with Gasteiger partial charge in [0.1, 0.15) is 0 Å². The molecular formula is C11H25N3. The minimum absolute atomic E-state index is 0.714. The molecule has 14 heavy (non-hydrogen) atoms. The lowest BCUT2D eigenvalue weighted by Gasteiger charge is -2.29. The highest BCUT2D eigenvalue weighted by molar-refractivity contribution is 4.75. The molecule has 0 amide bonds. The molecule has 1 fully saturated rings. The van der Waals surface area contributed by atoms with E-state index in [1.54, 1.807) is 0 Å². The van der Waals surface area contributed by atoms with E-state index in [0.717, 1.165) is 13.0 Å². The van der Waals surface area contributed by atoms with Gasteiger partial charge in [0.2, 0.25) is 0 Å². The zero-order valence-electron chi connectivity index (χ0n) is 9.71. The van der Waals surface area contributed by atoms with E-state index < -0.39 is 0 Å². The van der Waals surface area contributed by atoms with E-state index in [1.807, 2.05) is 0 Å². The zero-order valence-corrected chi connectivity index (χ0v) is 9.71. The third-order valence-corrected chi connectivity index (χ3v) is 3.24. The molecular weight excluding hydrogens is 174 g/mol. The number of nitrogens with two attached hydrogens (primary N) is 1. The number of likely N-dealkylation sites (N-methyl/N-ethyl adjacent to an activating group) is 1. The van der Waals surface area contributed by atoms with Crippen LogP contribution in [-0.4, -0.2) is 55.6 Å². The first-order valence-electron chi connectivity index (χ1n) is 5.90. The summed E-state index contributed by atoms with van der Waals surface area (Å²) in [5, 5.41) is 0. The summed E-state index contributed by atoms with van der Waals surface area (Å²) < 4.78 is 0. The van der Waals surface area contributed by atoms with Crippen LogP contribution in [0.25, 0.3) is 0 Å². The molecule has 1 saturated heterocycles. The molecule has 0 spiro atoms. The summed E-state index contributed by atoms with van der Waals surface area (Å²) in [5.41, 5.74) is 5.64. The maximum absolute atomic E-state index is 5.64. The molecule has 84 valence electrons. The summed E-state index contributed by atoms with van der Waals surface area (Å²) in [7, 11) is 2.22. The molecule has 1 rings (SSSR count). The average Bonchev–Trinajstić information content (AvgIpc) is 2.40. The summed E-state index contributed by atoms with van der Waals surface area (Å²) in [4.78, 5) is 5.05.